The monoisotopic (exact) mass is 394 g/mol. The highest BCUT2D eigenvalue weighted by atomic mass is 32.2. The summed E-state index contributed by atoms with van der Waals surface area (Å²) in [7, 11) is 0. The Morgan fingerprint density at radius 2 is 1.79 bits per heavy atom. The Bertz CT molecular complexity index is 1000. The summed E-state index contributed by atoms with van der Waals surface area (Å²) in [5.41, 5.74) is 3.15. The lowest BCUT2D eigenvalue weighted by Crippen LogP contribution is -2.38. The molecule has 2 amide bonds. The smallest absolute Gasteiger partial charge is 0.291 e. The second-order valence-electron chi connectivity index (χ2n) is 6.87. The van der Waals surface area contributed by atoms with Crippen molar-refractivity contribution < 1.29 is 14.0 Å². The van der Waals surface area contributed by atoms with Gasteiger partial charge in [-0.25, -0.2) is 0 Å². The summed E-state index contributed by atoms with van der Waals surface area (Å²) in [5, 5.41) is 3.82. The molecule has 3 aromatic rings. The van der Waals surface area contributed by atoms with E-state index in [0.717, 1.165) is 41.1 Å². The maximum absolute atomic E-state index is 12.6. The van der Waals surface area contributed by atoms with Gasteiger partial charge in [0.05, 0.1) is 6.42 Å². The number of hydrogen-bond donors (Lipinski definition) is 1. The normalized spacial score (nSPS) is 14.2. The van der Waals surface area contributed by atoms with Gasteiger partial charge in [-0.15, -0.1) is 0 Å². The Morgan fingerprint density at radius 3 is 2.50 bits per heavy atom. The second kappa shape index (κ2) is 8.10. The van der Waals surface area contributed by atoms with E-state index in [2.05, 4.69) is 5.32 Å². The number of carbonyl (C=O) groups excluding carboxylic acids is 2. The van der Waals surface area contributed by atoms with E-state index in [-0.39, 0.29) is 11.8 Å². The van der Waals surface area contributed by atoms with E-state index < -0.39 is 0 Å². The number of thioether (sulfide) groups is 1. The van der Waals surface area contributed by atoms with Crippen LogP contribution in [0, 0.1) is 6.92 Å². The van der Waals surface area contributed by atoms with Gasteiger partial charge in [0, 0.05) is 41.2 Å². The predicted octanol–water partition coefficient (Wildman–Crippen LogP) is 4.11. The molecule has 0 aliphatic carbocycles. The van der Waals surface area contributed by atoms with Gasteiger partial charge in [0.25, 0.3) is 5.91 Å². The molecule has 6 heteroatoms. The van der Waals surface area contributed by atoms with Gasteiger partial charge >= 0.3 is 0 Å². The van der Waals surface area contributed by atoms with Crippen LogP contribution in [0.15, 0.2) is 52.9 Å². The lowest BCUT2D eigenvalue weighted by molar-refractivity contribution is -0.130. The molecule has 1 saturated heterocycles. The lowest BCUT2D eigenvalue weighted by Gasteiger charge is -2.26. The predicted molar refractivity (Wildman–Crippen MR) is 113 cm³/mol. The van der Waals surface area contributed by atoms with Gasteiger partial charge < -0.3 is 14.6 Å². The number of nitrogens with zero attached hydrogens (tertiary/aromatic N) is 1. The first-order chi connectivity index (χ1) is 13.6. The van der Waals surface area contributed by atoms with Gasteiger partial charge in [0.2, 0.25) is 5.91 Å². The Kier molecular flexibility index (Phi) is 5.39. The van der Waals surface area contributed by atoms with Crippen LogP contribution in [0.2, 0.25) is 0 Å². The zero-order chi connectivity index (χ0) is 19.5. The number of para-hydroxylation sites is 1. The molecule has 1 N–H and O–H groups in total. The van der Waals surface area contributed by atoms with Crippen LogP contribution in [0.25, 0.3) is 11.0 Å². The molecule has 0 radical (unpaired) electrons. The third-order valence-corrected chi connectivity index (χ3v) is 5.92. The molecule has 144 valence electrons. The molecule has 1 aliphatic rings. The first-order valence-electron chi connectivity index (χ1n) is 9.36. The highest BCUT2D eigenvalue weighted by Gasteiger charge is 2.18. The molecule has 5 nitrogen and oxygen atoms in total. The van der Waals surface area contributed by atoms with Crippen LogP contribution in [-0.4, -0.2) is 41.3 Å². The summed E-state index contributed by atoms with van der Waals surface area (Å²) in [4.78, 5) is 26.9. The first kappa shape index (κ1) is 18.6. The topological polar surface area (TPSA) is 62.6 Å². The van der Waals surface area contributed by atoms with Crippen LogP contribution < -0.4 is 5.32 Å². The molecule has 2 aromatic carbocycles. The minimum Gasteiger partial charge on any atom is -0.451 e. The van der Waals surface area contributed by atoms with Crippen molar-refractivity contribution in [2.75, 3.05) is 29.9 Å². The molecule has 4 rings (SSSR count). The maximum atomic E-state index is 12.6. The molecule has 1 fully saturated rings. The SMILES string of the molecule is Cc1c(C(=O)Nc2ccc(CC(=O)N3CCSCC3)cc2)oc2ccccc12. The van der Waals surface area contributed by atoms with E-state index >= 15 is 0 Å². The highest BCUT2D eigenvalue weighted by molar-refractivity contribution is 7.99. The fourth-order valence-electron chi connectivity index (χ4n) is 3.38. The van der Waals surface area contributed by atoms with Crippen LogP contribution >= 0.6 is 11.8 Å². The lowest BCUT2D eigenvalue weighted by atomic mass is 10.1. The van der Waals surface area contributed by atoms with Crippen molar-refractivity contribution in [1.82, 2.24) is 4.90 Å². The standard InChI is InChI=1S/C22H22N2O3S/c1-15-18-4-2-3-5-19(18)27-21(15)22(26)23-17-8-6-16(7-9-17)14-20(25)24-10-12-28-13-11-24/h2-9H,10-14H2,1H3,(H,23,26). The number of benzene rings is 2. The van der Waals surface area contributed by atoms with Gasteiger partial charge in [-0.3, -0.25) is 9.59 Å². The highest BCUT2D eigenvalue weighted by Crippen LogP contribution is 2.25. The number of furan rings is 1. The van der Waals surface area contributed by atoms with Gasteiger partial charge in [0.15, 0.2) is 5.76 Å². The average Bonchev–Trinajstić information content (AvgIpc) is 3.07. The number of amides is 2. The number of anilines is 1. The number of hydrogen-bond acceptors (Lipinski definition) is 4. The first-order valence-corrected chi connectivity index (χ1v) is 10.5. The number of fused-ring (bicyclic) bond motifs is 1. The molecule has 1 aliphatic heterocycles. The summed E-state index contributed by atoms with van der Waals surface area (Å²) in [6.07, 6.45) is 0.390. The van der Waals surface area contributed by atoms with Gasteiger partial charge in [0.1, 0.15) is 5.58 Å². The maximum Gasteiger partial charge on any atom is 0.291 e. The van der Waals surface area contributed by atoms with E-state index in [9.17, 15) is 9.59 Å². The fourth-order valence-corrected chi connectivity index (χ4v) is 4.29. The molecular formula is C22H22N2O3S. The minimum absolute atomic E-state index is 0.162. The zero-order valence-corrected chi connectivity index (χ0v) is 16.6. The molecule has 0 saturated carbocycles. The van der Waals surface area contributed by atoms with Gasteiger partial charge in [-0.1, -0.05) is 30.3 Å². The third-order valence-electron chi connectivity index (χ3n) is 4.98. The summed E-state index contributed by atoms with van der Waals surface area (Å²) in [5.74, 6) is 2.23. The summed E-state index contributed by atoms with van der Waals surface area (Å²) >= 11 is 1.89. The van der Waals surface area contributed by atoms with Crippen molar-refractivity contribution in [2.24, 2.45) is 0 Å². The number of carbonyl (C=O) groups is 2. The van der Waals surface area contributed by atoms with E-state index in [0.29, 0.717) is 23.5 Å². The van der Waals surface area contributed by atoms with E-state index in [1.54, 1.807) is 0 Å². The number of rotatable bonds is 4. The quantitative estimate of drug-likeness (QED) is 0.723. The Hall–Kier alpha value is -2.73. The van der Waals surface area contributed by atoms with Gasteiger partial charge in [-0.2, -0.15) is 11.8 Å². The molecule has 0 bridgehead atoms. The molecule has 2 heterocycles. The van der Waals surface area contributed by atoms with Crippen LogP contribution in [0.5, 0.6) is 0 Å². The van der Waals surface area contributed by atoms with Crippen LogP contribution in [0.4, 0.5) is 5.69 Å². The van der Waals surface area contributed by atoms with Crippen LogP contribution in [0.3, 0.4) is 0 Å². The molecule has 0 unspecified atom stereocenters. The average molecular weight is 394 g/mol. The van der Waals surface area contributed by atoms with Crippen molar-refractivity contribution in [3.05, 3.63) is 65.4 Å². The summed E-state index contributed by atoms with van der Waals surface area (Å²) in [6.45, 7) is 3.54. The summed E-state index contributed by atoms with van der Waals surface area (Å²) in [6, 6.07) is 15.0. The molecular weight excluding hydrogens is 372 g/mol. The number of aryl methyl sites for hydroxylation is 1. The van der Waals surface area contributed by atoms with Crippen molar-refractivity contribution >= 4 is 40.2 Å². The second-order valence-corrected chi connectivity index (χ2v) is 8.10. The largest absolute Gasteiger partial charge is 0.451 e. The third kappa shape index (κ3) is 3.92. The molecule has 0 spiro atoms. The van der Waals surface area contributed by atoms with Crippen LogP contribution in [-0.2, 0) is 11.2 Å². The Morgan fingerprint density at radius 1 is 1.07 bits per heavy atom. The summed E-state index contributed by atoms with van der Waals surface area (Å²) < 4.78 is 5.71. The van der Waals surface area contributed by atoms with E-state index in [4.69, 9.17) is 4.42 Å². The van der Waals surface area contributed by atoms with Crippen molar-refractivity contribution in [3.8, 4) is 0 Å². The van der Waals surface area contributed by atoms with Crippen LogP contribution in [0.1, 0.15) is 21.7 Å². The van der Waals surface area contributed by atoms with Crippen molar-refractivity contribution in [2.45, 2.75) is 13.3 Å². The molecule has 0 atom stereocenters. The van der Waals surface area contributed by atoms with E-state index in [1.807, 2.05) is 72.1 Å². The Balaban J connectivity index is 1.41. The van der Waals surface area contributed by atoms with Gasteiger partial charge in [-0.05, 0) is 30.7 Å². The van der Waals surface area contributed by atoms with Crippen molar-refractivity contribution in [1.29, 1.82) is 0 Å². The fraction of sp³-hybridized carbons (Fsp3) is 0.273. The zero-order valence-electron chi connectivity index (χ0n) is 15.7. The Labute approximate surface area is 168 Å². The minimum atomic E-state index is -0.275. The van der Waals surface area contributed by atoms with Crippen molar-refractivity contribution in [3.63, 3.8) is 0 Å². The molecule has 28 heavy (non-hydrogen) atoms. The van der Waals surface area contributed by atoms with E-state index in [1.165, 1.54) is 0 Å². The number of nitrogens with one attached hydrogen (secondary N) is 1. The molecule has 1 aromatic heterocycles.